The Hall–Kier alpha value is -0.200. The number of hydrogen-bond donors (Lipinski definition) is 1. The zero-order chi connectivity index (χ0) is 13.1. The molecule has 8 heteroatoms. The number of piperazine rings is 1. The van der Waals surface area contributed by atoms with Crippen LogP contribution in [-0.2, 0) is 0 Å². The van der Waals surface area contributed by atoms with E-state index in [9.17, 15) is 13.2 Å². The van der Waals surface area contributed by atoms with Crippen LogP contribution in [0.25, 0.3) is 0 Å². The maximum atomic E-state index is 13.3. The van der Waals surface area contributed by atoms with Crippen molar-refractivity contribution in [3.63, 3.8) is 0 Å². The predicted molar refractivity (Wildman–Crippen MR) is 79.1 cm³/mol. The van der Waals surface area contributed by atoms with Crippen molar-refractivity contribution in [2.75, 3.05) is 26.2 Å². The van der Waals surface area contributed by atoms with Crippen LogP contribution in [0.4, 0.5) is 13.2 Å². The molecule has 2 rings (SSSR count). The fourth-order valence-electron chi connectivity index (χ4n) is 2.22. The molecule has 0 saturated carbocycles. The van der Waals surface area contributed by atoms with E-state index in [1.807, 2.05) is 0 Å². The third-order valence-corrected chi connectivity index (χ3v) is 3.23. The molecule has 0 bridgehead atoms. The molecular weight excluding hydrogens is 335 g/mol. The van der Waals surface area contributed by atoms with Crippen LogP contribution in [0, 0.1) is 5.82 Å². The minimum Gasteiger partial charge on any atom is -0.314 e. The van der Waals surface area contributed by atoms with Crippen LogP contribution in [0.2, 0.25) is 5.02 Å². The molecule has 1 saturated heterocycles. The van der Waals surface area contributed by atoms with Crippen LogP contribution in [0.3, 0.4) is 0 Å². The number of alkyl halides is 2. The Bertz CT molecular complexity index is 395. The Kier molecular flexibility index (Phi) is 8.86. The molecule has 0 amide bonds. The second-order valence-corrected chi connectivity index (χ2v) is 4.70. The average Bonchev–Trinajstić information content (AvgIpc) is 2.28. The first kappa shape index (κ1) is 19.8. The summed E-state index contributed by atoms with van der Waals surface area (Å²) in [5.41, 5.74) is 0.233. The van der Waals surface area contributed by atoms with Gasteiger partial charge in [0.15, 0.2) is 0 Å². The highest BCUT2D eigenvalue weighted by molar-refractivity contribution is 6.30. The molecule has 20 heavy (non-hydrogen) atoms. The summed E-state index contributed by atoms with van der Waals surface area (Å²) in [6.07, 6.45) is -2.57. The summed E-state index contributed by atoms with van der Waals surface area (Å²) >= 11 is 5.72. The maximum Gasteiger partial charge on any atom is 0.258 e. The Labute approximate surface area is 133 Å². The molecule has 1 N–H and O–H groups in total. The fraction of sp³-hybridized carbons (Fsp3) is 0.500. The summed E-state index contributed by atoms with van der Waals surface area (Å²) in [4.78, 5) is 1.66. The first-order valence-electron chi connectivity index (χ1n) is 5.77. The van der Waals surface area contributed by atoms with Crippen molar-refractivity contribution in [1.29, 1.82) is 0 Å². The van der Waals surface area contributed by atoms with E-state index in [1.165, 1.54) is 6.07 Å². The molecule has 1 aromatic rings. The molecule has 1 heterocycles. The summed E-state index contributed by atoms with van der Waals surface area (Å²) in [5.74, 6) is -0.585. The van der Waals surface area contributed by atoms with Gasteiger partial charge in [-0.25, -0.2) is 13.2 Å². The second-order valence-electron chi connectivity index (χ2n) is 4.27. The van der Waals surface area contributed by atoms with Crippen LogP contribution in [0.1, 0.15) is 11.6 Å². The third-order valence-electron chi connectivity index (χ3n) is 3.01. The summed E-state index contributed by atoms with van der Waals surface area (Å²) in [6, 6.07) is 2.56. The Balaban J connectivity index is 0.00000180. The number of benzene rings is 1. The molecule has 0 spiro atoms. The number of nitrogens with zero attached hydrogens (tertiary/aromatic N) is 1. The quantitative estimate of drug-likeness (QED) is 0.896. The smallest absolute Gasteiger partial charge is 0.258 e. The Morgan fingerprint density at radius 3 is 2.20 bits per heavy atom. The van der Waals surface area contributed by atoms with Gasteiger partial charge in [0.25, 0.3) is 6.43 Å². The number of halogens is 6. The lowest BCUT2D eigenvalue weighted by molar-refractivity contribution is 0.0180. The fourth-order valence-corrected chi connectivity index (χ4v) is 2.45. The molecular formula is C12H16Cl3F3N2. The molecule has 0 aliphatic carbocycles. The predicted octanol–water partition coefficient (Wildman–Crippen LogP) is 3.53. The molecule has 1 atom stereocenters. The van der Waals surface area contributed by atoms with Crippen molar-refractivity contribution in [3.05, 3.63) is 34.6 Å². The largest absolute Gasteiger partial charge is 0.314 e. The van der Waals surface area contributed by atoms with Crippen molar-refractivity contribution >= 4 is 36.4 Å². The topological polar surface area (TPSA) is 15.3 Å². The standard InChI is InChI=1S/C12H14ClF3N2.2ClH/c13-9-5-8(6-10(14)7-9)11(12(15)16)18-3-1-17-2-4-18;;/h5-7,11-12,17H,1-4H2;2*1H/t11-;;/m1../s1. The van der Waals surface area contributed by atoms with Crippen molar-refractivity contribution in [2.45, 2.75) is 12.5 Å². The van der Waals surface area contributed by atoms with E-state index in [2.05, 4.69) is 5.32 Å². The normalized spacial score (nSPS) is 17.2. The molecule has 2 nitrogen and oxygen atoms in total. The first-order valence-corrected chi connectivity index (χ1v) is 6.14. The van der Waals surface area contributed by atoms with Gasteiger partial charge in [-0.3, -0.25) is 4.90 Å². The van der Waals surface area contributed by atoms with E-state index in [4.69, 9.17) is 11.6 Å². The summed E-state index contributed by atoms with van der Waals surface area (Å²) in [6.45, 7) is 2.35. The van der Waals surface area contributed by atoms with E-state index in [-0.39, 0.29) is 35.4 Å². The van der Waals surface area contributed by atoms with E-state index in [0.717, 1.165) is 12.1 Å². The first-order chi connectivity index (χ1) is 8.58. The lowest BCUT2D eigenvalue weighted by Gasteiger charge is -2.34. The van der Waals surface area contributed by atoms with Gasteiger partial charge in [-0.15, -0.1) is 24.8 Å². The zero-order valence-corrected chi connectivity index (χ0v) is 12.9. The van der Waals surface area contributed by atoms with Crippen molar-refractivity contribution in [3.8, 4) is 0 Å². The lowest BCUT2D eigenvalue weighted by Crippen LogP contribution is -2.46. The minimum absolute atomic E-state index is 0. The van der Waals surface area contributed by atoms with Gasteiger partial charge in [0.05, 0.1) is 6.04 Å². The van der Waals surface area contributed by atoms with Gasteiger partial charge in [0, 0.05) is 31.2 Å². The van der Waals surface area contributed by atoms with Gasteiger partial charge in [0.2, 0.25) is 0 Å². The van der Waals surface area contributed by atoms with Crippen molar-refractivity contribution in [1.82, 2.24) is 10.2 Å². The summed E-state index contributed by atoms with van der Waals surface area (Å²) in [5, 5.41) is 3.24. The lowest BCUT2D eigenvalue weighted by atomic mass is 10.0. The van der Waals surface area contributed by atoms with Crippen molar-refractivity contribution in [2.24, 2.45) is 0 Å². The minimum atomic E-state index is -2.57. The SMILES string of the molecule is Cl.Cl.Fc1cc(Cl)cc([C@H](C(F)F)N2CCNCC2)c1. The van der Waals surface area contributed by atoms with E-state index in [0.29, 0.717) is 26.2 Å². The number of rotatable bonds is 3. The van der Waals surface area contributed by atoms with Gasteiger partial charge >= 0.3 is 0 Å². The highest BCUT2D eigenvalue weighted by Crippen LogP contribution is 2.30. The van der Waals surface area contributed by atoms with E-state index in [1.54, 1.807) is 4.90 Å². The van der Waals surface area contributed by atoms with Crippen LogP contribution < -0.4 is 5.32 Å². The molecule has 1 fully saturated rings. The zero-order valence-electron chi connectivity index (χ0n) is 10.5. The molecule has 1 aliphatic heterocycles. The Morgan fingerprint density at radius 2 is 1.70 bits per heavy atom. The molecule has 0 radical (unpaired) electrons. The molecule has 116 valence electrons. The number of hydrogen-bond acceptors (Lipinski definition) is 2. The van der Waals surface area contributed by atoms with Crippen molar-refractivity contribution < 1.29 is 13.2 Å². The Morgan fingerprint density at radius 1 is 1.10 bits per heavy atom. The number of nitrogens with one attached hydrogen (secondary N) is 1. The highest BCUT2D eigenvalue weighted by atomic mass is 35.5. The molecule has 0 unspecified atom stereocenters. The van der Waals surface area contributed by atoms with Crippen LogP contribution in [-0.4, -0.2) is 37.5 Å². The maximum absolute atomic E-state index is 13.3. The van der Waals surface area contributed by atoms with Gasteiger partial charge in [-0.05, 0) is 23.8 Å². The summed E-state index contributed by atoms with van der Waals surface area (Å²) in [7, 11) is 0. The van der Waals surface area contributed by atoms with Crippen LogP contribution in [0.15, 0.2) is 18.2 Å². The summed E-state index contributed by atoms with van der Waals surface area (Å²) < 4.78 is 39.7. The van der Waals surface area contributed by atoms with Gasteiger partial charge in [0.1, 0.15) is 5.82 Å². The van der Waals surface area contributed by atoms with Gasteiger partial charge in [-0.1, -0.05) is 11.6 Å². The van der Waals surface area contributed by atoms with Crippen LogP contribution in [0.5, 0.6) is 0 Å². The van der Waals surface area contributed by atoms with E-state index >= 15 is 0 Å². The van der Waals surface area contributed by atoms with Gasteiger partial charge < -0.3 is 5.32 Å². The van der Waals surface area contributed by atoms with Gasteiger partial charge in [-0.2, -0.15) is 0 Å². The molecule has 0 aromatic heterocycles. The average molecular weight is 352 g/mol. The second kappa shape index (κ2) is 8.95. The molecule has 1 aliphatic rings. The monoisotopic (exact) mass is 350 g/mol. The highest BCUT2D eigenvalue weighted by Gasteiger charge is 2.30. The van der Waals surface area contributed by atoms with Crippen LogP contribution >= 0.6 is 36.4 Å². The molecule has 1 aromatic carbocycles. The van der Waals surface area contributed by atoms with E-state index < -0.39 is 18.3 Å². The third kappa shape index (κ3) is 4.97.